The van der Waals surface area contributed by atoms with E-state index < -0.39 is 0 Å². The smallest absolute Gasteiger partial charge is 0.293 e. The highest BCUT2D eigenvalue weighted by atomic mass is 19.1. The summed E-state index contributed by atoms with van der Waals surface area (Å²) in [5.74, 6) is 0.0575. The summed E-state index contributed by atoms with van der Waals surface area (Å²) in [5, 5.41) is 3.29. The molecule has 22 heavy (non-hydrogen) atoms. The van der Waals surface area contributed by atoms with Crippen LogP contribution in [0.1, 0.15) is 24.4 Å². The fraction of sp³-hybridized carbons (Fsp3) is 0.353. The zero-order valence-electron chi connectivity index (χ0n) is 12.3. The largest absolute Gasteiger partial charge is 0.483 e. The number of halogens is 1. The molecule has 0 bridgehead atoms. The van der Waals surface area contributed by atoms with Crippen LogP contribution < -0.4 is 15.6 Å². The van der Waals surface area contributed by atoms with Crippen molar-refractivity contribution >= 4 is 0 Å². The predicted octanol–water partition coefficient (Wildman–Crippen LogP) is 2.49. The quantitative estimate of drug-likeness (QED) is 0.943. The average Bonchev–Trinajstić information content (AvgIpc) is 2.56. The van der Waals surface area contributed by atoms with Gasteiger partial charge in [-0.05, 0) is 55.8 Å². The number of hydrogen-bond acceptors (Lipinski definition) is 3. The highest BCUT2D eigenvalue weighted by molar-refractivity contribution is 5.20. The van der Waals surface area contributed by atoms with Crippen molar-refractivity contribution in [2.45, 2.75) is 25.5 Å². The molecule has 5 heteroatoms. The van der Waals surface area contributed by atoms with Gasteiger partial charge in [-0.15, -0.1) is 0 Å². The lowest BCUT2D eigenvalue weighted by atomic mass is 10.1. The molecule has 0 aliphatic carbocycles. The van der Waals surface area contributed by atoms with Crippen LogP contribution in [0, 0.1) is 5.82 Å². The van der Waals surface area contributed by atoms with Gasteiger partial charge in [-0.1, -0.05) is 12.1 Å². The maximum atomic E-state index is 12.9. The standard InChI is InChI=1S/C17H19FN2O2/c18-14-5-3-13(4-6-14)12-22-16-2-1-11-20(17(16)21)15-7-9-19-10-8-15/h1-6,11,15,19H,7-10,12H2. The lowest BCUT2D eigenvalue weighted by molar-refractivity contribution is 0.291. The van der Waals surface area contributed by atoms with Crippen LogP contribution in [0.5, 0.6) is 5.75 Å². The molecule has 1 fully saturated rings. The van der Waals surface area contributed by atoms with E-state index in [2.05, 4.69) is 5.32 Å². The third-order valence-electron chi connectivity index (χ3n) is 3.95. The molecule has 2 heterocycles. The number of nitrogens with zero attached hydrogens (tertiary/aromatic N) is 1. The Labute approximate surface area is 128 Å². The Kier molecular flexibility index (Phi) is 4.53. The lowest BCUT2D eigenvalue weighted by Gasteiger charge is -2.25. The van der Waals surface area contributed by atoms with Gasteiger partial charge in [-0.25, -0.2) is 4.39 Å². The second-order valence-corrected chi connectivity index (χ2v) is 5.48. The van der Waals surface area contributed by atoms with E-state index in [0.717, 1.165) is 31.5 Å². The molecule has 0 atom stereocenters. The molecule has 1 saturated heterocycles. The normalized spacial score (nSPS) is 15.7. The number of aromatic nitrogens is 1. The maximum absolute atomic E-state index is 12.9. The van der Waals surface area contributed by atoms with Gasteiger partial charge in [0.1, 0.15) is 12.4 Å². The van der Waals surface area contributed by atoms with E-state index in [1.807, 2.05) is 12.3 Å². The van der Waals surface area contributed by atoms with Gasteiger partial charge in [0.2, 0.25) is 0 Å². The molecule has 0 spiro atoms. The van der Waals surface area contributed by atoms with Gasteiger partial charge >= 0.3 is 0 Å². The average molecular weight is 302 g/mol. The molecule has 4 nitrogen and oxygen atoms in total. The van der Waals surface area contributed by atoms with Crippen LogP contribution in [0.15, 0.2) is 47.4 Å². The summed E-state index contributed by atoms with van der Waals surface area (Å²) in [7, 11) is 0. The Morgan fingerprint density at radius 1 is 1.18 bits per heavy atom. The number of hydrogen-bond donors (Lipinski definition) is 1. The molecular formula is C17H19FN2O2. The van der Waals surface area contributed by atoms with Gasteiger partial charge in [-0.3, -0.25) is 4.79 Å². The van der Waals surface area contributed by atoms with Crippen LogP contribution in [0.2, 0.25) is 0 Å². The Balaban J connectivity index is 1.73. The zero-order chi connectivity index (χ0) is 15.4. The lowest BCUT2D eigenvalue weighted by Crippen LogP contribution is -2.34. The molecule has 0 unspecified atom stereocenters. The van der Waals surface area contributed by atoms with Crippen LogP contribution in [-0.2, 0) is 6.61 Å². The summed E-state index contributed by atoms with van der Waals surface area (Å²) in [4.78, 5) is 12.5. The van der Waals surface area contributed by atoms with E-state index in [1.54, 1.807) is 22.8 Å². The van der Waals surface area contributed by atoms with Crippen LogP contribution in [0.3, 0.4) is 0 Å². The maximum Gasteiger partial charge on any atom is 0.293 e. The molecule has 1 aromatic heterocycles. The minimum Gasteiger partial charge on any atom is -0.483 e. The number of ether oxygens (including phenoxy) is 1. The second-order valence-electron chi connectivity index (χ2n) is 5.48. The minimum atomic E-state index is -0.281. The summed E-state index contributed by atoms with van der Waals surface area (Å²) in [6.45, 7) is 2.11. The fourth-order valence-corrected chi connectivity index (χ4v) is 2.71. The summed E-state index contributed by atoms with van der Waals surface area (Å²) in [5.41, 5.74) is 0.731. The molecule has 0 amide bonds. The van der Waals surface area contributed by atoms with Crippen LogP contribution in [-0.4, -0.2) is 17.7 Å². The van der Waals surface area contributed by atoms with Gasteiger partial charge in [0.05, 0.1) is 0 Å². The number of benzene rings is 1. The van der Waals surface area contributed by atoms with Gasteiger partial charge in [0, 0.05) is 12.2 Å². The Hall–Kier alpha value is -2.14. The van der Waals surface area contributed by atoms with E-state index in [4.69, 9.17) is 4.74 Å². The molecule has 1 aromatic carbocycles. The summed E-state index contributed by atoms with van der Waals surface area (Å²) >= 11 is 0. The van der Waals surface area contributed by atoms with E-state index in [1.165, 1.54) is 12.1 Å². The highest BCUT2D eigenvalue weighted by Crippen LogP contribution is 2.18. The summed E-state index contributed by atoms with van der Waals surface area (Å²) < 4.78 is 20.3. The number of pyridine rings is 1. The third kappa shape index (κ3) is 3.36. The Morgan fingerprint density at radius 2 is 1.91 bits per heavy atom. The van der Waals surface area contributed by atoms with Crippen molar-refractivity contribution in [1.29, 1.82) is 0 Å². The van der Waals surface area contributed by atoms with E-state index in [9.17, 15) is 9.18 Å². The van der Waals surface area contributed by atoms with Crippen molar-refractivity contribution in [3.8, 4) is 5.75 Å². The first-order chi connectivity index (χ1) is 10.7. The SMILES string of the molecule is O=c1c(OCc2ccc(F)cc2)cccn1C1CCNCC1. The van der Waals surface area contributed by atoms with Crippen molar-refractivity contribution in [2.24, 2.45) is 0 Å². The van der Waals surface area contributed by atoms with Gasteiger partial charge in [0.15, 0.2) is 5.75 Å². The monoisotopic (exact) mass is 302 g/mol. The number of nitrogens with one attached hydrogen (secondary N) is 1. The van der Waals surface area contributed by atoms with E-state index in [0.29, 0.717) is 5.75 Å². The van der Waals surface area contributed by atoms with Crippen molar-refractivity contribution in [3.63, 3.8) is 0 Å². The summed E-state index contributed by atoms with van der Waals surface area (Å²) in [6, 6.07) is 9.83. The molecule has 0 radical (unpaired) electrons. The van der Waals surface area contributed by atoms with Gasteiger partial charge < -0.3 is 14.6 Å². The fourth-order valence-electron chi connectivity index (χ4n) is 2.71. The highest BCUT2D eigenvalue weighted by Gasteiger charge is 2.17. The number of piperidine rings is 1. The van der Waals surface area contributed by atoms with Crippen LogP contribution in [0.25, 0.3) is 0 Å². The Bertz CT molecular complexity index is 676. The van der Waals surface area contributed by atoms with Crippen LogP contribution in [0.4, 0.5) is 4.39 Å². The van der Waals surface area contributed by atoms with Crippen molar-refractivity contribution in [2.75, 3.05) is 13.1 Å². The second kappa shape index (κ2) is 6.75. The first kappa shape index (κ1) is 14.8. The summed E-state index contributed by atoms with van der Waals surface area (Å²) in [6.07, 6.45) is 3.71. The molecule has 2 aromatic rings. The predicted molar refractivity (Wildman–Crippen MR) is 82.6 cm³/mol. The first-order valence-electron chi connectivity index (χ1n) is 7.53. The molecular weight excluding hydrogens is 283 g/mol. The molecule has 0 saturated carbocycles. The van der Waals surface area contributed by atoms with Gasteiger partial charge in [-0.2, -0.15) is 0 Å². The molecule has 3 rings (SSSR count). The zero-order valence-corrected chi connectivity index (χ0v) is 12.3. The van der Waals surface area contributed by atoms with E-state index in [-0.39, 0.29) is 24.0 Å². The first-order valence-corrected chi connectivity index (χ1v) is 7.53. The van der Waals surface area contributed by atoms with Crippen LogP contribution >= 0.6 is 0 Å². The topological polar surface area (TPSA) is 43.3 Å². The molecule has 1 aliphatic rings. The van der Waals surface area contributed by atoms with Crippen molar-refractivity contribution < 1.29 is 9.13 Å². The Morgan fingerprint density at radius 3 is 2.64 bits per heavy atom. The van der Waals surface area contributed by atoms with Crippen molar-refractivity contribution in [1.82, 2.24) is 9.88 Å². The van der Waals surface area contributed by atoms with Gasteiger partial charge in [0.25, 0.3) is 5.56 Å². The number of rotatable bonds is 4. The third-order valence-corrected chi connectivity index (χ3v) is 3.95. The minimum absolute atomic E-state index is 0.100. The van der Waals surface area contributed by atoms with Crippen molar-refractivity contribution in [3.05, 3.63) is 64.3 Å². The molecule has 1 N–H and O–H groups in total. The molecule has 1 aliphatic heterocycles. The van der Waals surface area contributed by atoms with E-state index >= 15 is 0 Å². The molecule has 116 valence electrons.